The Morgan fingerprint density at radius 2 is 2.07 bits per heavy atom. The Balaban J connectivity index is 2.16. The van der Waals surface area contributed by atoms with Gasteiger partial charge in [0.25, 0.3) is 0 Å². The highest BCUT2D eigenvalue weighted by Crippen LogP contribution is 2.29. The Morgan fingerprint density at radius 3 is 2.53 bits per heavy atom. The Kier molecular flexibility index (Phi) is 2.91. The summed E-state index contributed by atoms with van der Waals surface area (Å²) in [5.41, 5.74) is 3.94. The first-order valence-corrected chi connectivity index (χ1v) is 5.54. The molecule has 1 aliphatic heterocycles. The summed E-state index contributed by atoms with van der Waals surface area (Å²) in [7, 11) is 0. The van der Waals surface area contributed by atoms with E-state index >= 15 is 0 Å². The van der Waals surface area contributed by atoms with E-state index in [0.717, 1.165) is 13.0 Å². The molecule has 0 radical (unpaired) electrons. The molecule has 1 fully saturated rings. The molecule has 1 saturated heterocycles. The minimum absolute atomic E-state index is 1.12. The lowest BCUT2D eigenvalue weighted by atomic mass is 10.1. The molecule has 78 valence electrons. The van der Waals surface area contributed by atoms with E-state index in [1.807, 2.05) is 6.08 Å². The largest absolute Gasteiger partial charge is 0.345 e. The van der Waals surface area contributed by atoms with Gasteiger partial charge in [-0.3, -0.25) is 0 Å². The van der Waals surface area contributed by atoms with Crippen molar-refractivity contribution in [3.63, 3.8) is 0 Å². The lowest BCUT2D eigenvalue weighted by molar-refractivity contribution is 0.716. The van der Waals surface area contributed by atoms with Crippen molar-refractivity contribution in [3.05, 3.63) is 48.2 Å². The molecule has 0 aliphatic carbocycles. The molecule has 0 unspecified atom stereocenters. The Morgan fingerprint density at radius 1 is 1.33 bits per heavy atom. The molecular formula is C14H17N. The molecule has 0 saturated carbocycles. The Labute approximate surface area is 91.7 Å². The van der Waals surface area contributed by atoms with E-state index in [1.165, 1.54) is 23.4 Å². The minimum Gasteiger partial charge on any atom is -0.345 e. The van der Waals surface area contributed by atoms with Crippen molar-refractivity contribution < 1.29 is 0 Å². The van der Waals surface area contributed by atoms with Crippen molar-refractivity contribution in [1.82, 2.24) is 0 Å². The van der Waals surface area contributed by atoms with Gasteiger partial charge in [0, 0.05) is 24.4 Å². The van der Waals surface area contributed by atoms with Gasteiger partial charge >= 0.3 is 0 Å². The van der Waals surface area contributed by atoms with Gasteiger partial charge < -0.3 is 4.90 Å². The average molecular weight is 199 g/mol. The molecule has 1 aromatic rings. The van der Waals surface area contributed by atoms with Crippen LogP contribution in [0.4, 0.5) is 5.69 Å². The van der Waals surface area contributed by atoms with Crippen LogP contribution in [-0.4, -0.2) is 6.54 Å². The predicted molar refractivity (Wildman–Crippen MR) is 66.9 cm³/mol. The molecule has 15 heavy (non-hydrogen) atoms. The number of nitrogens with zero attached hydrogens (tertiary/aromatic N) is 1. The SMILES string of the molecule is C=Cc1ccc(N2CC/C2=C\CC)cc1. The van der Waals surface area contributed by atoms with E-state index < -0.39 is 0 Å². The fourth-order valence-electron chi connectivity index (χ4n) is 1.89. The van der Waals surface area contributed by atoms with Crippen LogP contribution in [0.5, 0.6) is 0 Å². The number of benzene rings is 1. The van der Waals surface area contributed by atoms with E-state index in [0.29, 0.717) is 0 Å². The van der Waals surface area contributed by atoms with Crippen LogP contribution in [0.15, 0.2) is 42.6 Å². The first-order chi connectivity index (χ1) is 7.35. The van der Waals surface area contributed by atoms with Crippen LogP contribution in [0.2, 0.25) is 0 Å². The van der Waals surface area contributed by atoms with Gasteiger partial charge in [0.2, 0.25) is 0 Å². The molecule has 1 nitrogen and oxygen atoms in total. The van der Waals surface area contributed by atoms with Gasteiger partial charge in [-0.25, -0.2) is 0 Å². The summed E-state index contributed by atoms with van der Waals surface area (Å²) in [5, 5.41) is 0. The maximum Gasteiger partial charge on any atom is 0.0408 e. The molecule has 0 bridgehead atoms. The van der Waals surface area contributed by atoms with Gasteiger partial charge in [-0.2, -0.15) is 0 Å². The van der Waals surface area contributed by atoms with Crippen molar-refractivity contribution in [2.75, 3.05) is 11.4 Å². The van der Waals surface area contributed by atoms with Crippen LogP contribution in [0.1, 0.15) is 25.3 Å². The van der Waals surface area contributed by atoms with Crippen LogP contribution < -0.4 is 4.90 Å². The zero-order valence-electron chi connectivity index (χ0n) is 9.24. The second-order valence-electron chi connectivity index (χ2n) is 3.80. The zero-order valence-corrected chi connectivity index (χ0v) is 9.24. The number of anilines is 1. The zero-order chi connectivity index (χ0) is 10.7. The smallest absolute Gasteiger partial charge is 0.0408 e. The molecular weight excluding hydrogens is 182 g/mol. The summed E-state index contributed by atoms with van der Waals surface area (Å²) >= 11 is 0. The predicted octanol–water partition coefficient (Wildman–Crippen LogP) is 3.83. The average Bonchev–Trinajstić information content (AvgIpc) is 2.25. The summed E-state index contributed by atoms with van der Waals surface area (Å²) in [6, 6.07) is 8.56. The third-order valence-corrected chi connectivity index (χ3v) is 2.82. The summed E-state index contributed by atoms with van der Waals surface area (Å²) in [6.45, 7) is 7.10. The first kappa shape index (κ1) is 10.0. The molecule has 0 amide bonds. The van der Waals surface area contributed by atoms with E-state index in [9.17, 15) is 0 Å². The van der Waals surface area contributed by atoms with Crippen molar-refractivity contribution in [3.8, 4) is 0 Å². The number of hydrogen-bond donors (Lipinski definition) is 0. The van der Waals surface area contributed by atoms with E-state index in [-0.39, 0.29) is 0 Å². The van der Waals surface area contributed by atoms with Crippen molar-refractivity contribution >= 4 is 11.8 Å². The second-order valence-corrected chi connectivity index (χ2v) is 3.80. The van der Waals surface area contributed by atoms with Crippen LogP contribution in [0, 0.1) is 0 Å². The van der Waals surface area contributed by atoms with Crippen LogP contribution in [0.25, 0.3) is 6.08 Å². The fraction of sp³-hybridized carbons (Fsp3) is 0.286. The van der Waals surface area contributed by atoms with Gasteiger partial charge in [-0.15, -0.1) is 0 Å². The third kappa shape index (κ3) is 1.96. The van der Waals surface area contributed by atoms with E-state index in [2.05, 4.69) is 48.7 Å². The number of rotatable bonds is 3. The normalized spacial score (nSPS) is 17.7. The number of allylic oxidation sites excluding steroid dienone is 1. The van der Waals surface area contributed by atoms with E-state index in [4.69, 9.17) is 0 Å². The van der Waals surface area contributed by atoms with Gasteiger partial charge in [0.1, 0.15) is 0 Å². The summed E-state index contributed by atoms with van der Waals surface area (Å²) in [6.07, 6.45) is 6.53. The molecule has 0 N–H and O–H groups in total. The minimum atomic E-state index is 1.12. The number of hydrogen-bond acceptors (Lipinski definition) is 1. The Hall–Kier alpha value is -1.50. The van der Waals surface area contributed by atoms with Gasteiger partial charge in [0.15, 0.2) is 0 Å². The molecule has 0 atom stereocenters. The maximum absolute atomic E-state index is 3.76. The van der Waals surface area contributed by atoms with Gasteiger partial charge in [-0.1, -0.05) is 37.8 Å². The third-order valence-electron chi connectivity index (χ3n) is 2.82. The first-order valence-electron chi connectivity index (χ1n) is 5.54. The van der Waals surface area contributed by atoms with Crippen molar-refractivity contribution in [1.29, 1.82) is 0 Å². The van der Waals surface area contributed by atoms with Crippen molar-refractivity contribution in [2.45, 2.75) is 19.8 Å². The molecule has 2 rings (SSSR count). The highest BCUT2D eigenvalue weighted by atomic mass is 15.2. The molecule has 1 heterocycles. The summed E-state index contributed by atoms with van der Waals surface area (Å²) < 4.78 is 0. The summed E-state index contributed by atoms with van der Waals surface area (Å²) in [4.78, 5) is 2.37. The van der Waals surface area contributed by atoms with Crippen molar-refractivity contribution in [2.24, 2.45) is 0 Å². The molecule has 1 aliphatic rings. The molecule has 0 aromatic heterocycles. The lowest BCUT2D eigenvalue weighted by Gasteiger charge is -2.36. The van der Waals surface area contributed by atoms with Gasteiger partial charge in [0.05, 0.1) is 0 Å². The fourth-order valence-corrected chi connectivity index (χ4v) is 1.89. The highest BCUT2D eigenvalue weighted by Gasteiger charge is 2.20. The molecule has 0 spiro atoms. The quantitative estimate of drug-likeness (QED) is 0.715. The second kappa shape index (κ2) is 4.35. The maximum atomic E-state index is 3.76. The Bertz CT molecular complexity index is 373. The monoisotopic (exact) mass is 199 g/mol. The standard InChI is InChI=1S/C14H17N/c1-3-5-13-10-11-15(13)14-8-6-12(4-2)7-9-14/h4-9H,2-3,10-11H2,1H3/b13-5+. The van der Waals surface area contributed by atoms with Crippen LogP contribution >= 0.6 is 0 Å². The van der Waals surface area contributed by atoms with Crippen LogP contribution in [0.3, 0.4) is 0 Å². The van der Waals surface area contributed by atoms with Gasteiger partial charge in [-0.05, 0) is 24.1 Å². The molecule has 1 heteroatoms. The molecule has 1 aromatic carbocycles. The lowest BCUT2D eigenvalue weighted by Crippen LogP contribution is -2.34. The topological polar surface area (TPSA) is 3.24 Å². The highest BCUT2D eigenvalue weighted by molar-refractivity contribution is 5.59. The van der Waals surface area contributed by atoms with Crippen LogP contribution in [-0.2, 0) is 0 Å². The summed E-state index contributed by atoms with van der Waals surface area (Å²) in [5.74, 6) is 0. The van der Waals surface area contributed by atoms with E-state index in [1.54, 1.807) is 0 Å².